The molecule has 4 aromatic heterocycles. The van der Waals surface area contributed by atoms with Crippen LogP contribution in [0.5, 0.6) is 0 Å². The molecule has 5 heteroatoms. The Bertz CT molecular complexity index is 3290. The van der Waals surface area contributed by atoms with Crippen LogP contribution in [0.1, 0.15) is 0 Å². The largest absolute Gasteiger partial charge is 0.455 e. The van der Waals surface area contributed by atoms with Gasteiger partial charge in [-0.3, -0.25) is 9.97 Å². The van der Waals surface area contributed by atoms with Crippen LogP contribution in [0.15, 0.2) is 223 Å². The minimum atomic E-state index is 0.631. The first-order chi connectivity index (χ1) is 30.2. The molecule has 0 fully saturated rings. The zero-order valence-corrected chi connectivity index (χ0v) is 33.0. The van der Waals surface area contributed by atoms with E-state index in [2.05, 4.69) is 140 Å². The van der Waals surface area contributed by atoms with E-state index in [1.807, 2.05) is 79.1 Å². The van der Waals surface area contributed by atoms with E-state index in [0.29, 0.717) is 5.82 Å². The van der Waals surface area contributed by atoms with Gasteiger partial charge in [0.25, 0.3) is 0 Å². The van der Waals surface area contributed by atoms with Crippen LogP contribution in [0.25, 0.3) is 112 Å². The molecule has 0 N–H and O–H groups in total. The van der Waals surface area contributed by atoms with Crippen molar-refractivity contribution >= 4 is 21.9 Å². The third-order valence-electron chi connectivity index (χ3n) is 11.2. The molecule has 4 heterocycles. The molecule has 7 aromatic carbocycles. The number of pyridine rings is 2. The molecule has 0 bridgehead atoms. The minimum absolute atomic E-state index is 0.631. The van der Waals surface area contributed by atoms with Gasteiger partial charge in [0.05, 0.1) is 22.8 Å². The van der Waals surface area contributed by atoms with Gasteiger partial charge in [-0.2, -0.15) is 0 Å². The second-order valence-electron chi connectivity index (χ2n) is 15.0. The lowest BCUT2D eigenvalue weighted by molar-refractivity contribution is 0.670. The van der Waals surface area contributed by atoms with Crippen molar-refractivity contribution in [3.05, 3.63) is 219 Å². The molecule has 0 amide bonds. The number of rotatable bonds is 8. The summed E-state index contributed by atoms with van der Waals surface area (Å²) in [6, 6.07) is 71.3. The summed E-state index contributed by atoms with van der Waals surface area (Å²) in [5, 5.41) is 2.17. The number of hydrogen-bond acceptors (Lipinski definition) is 5. The second kappa shape index (κ2) is 15.5. The fourth-order valence-electron chi connectivity index (χ4n) is 8.26. The first-order valence-corrected chi connectivity index (χ1v) is 20.4. The summed E-state index contributed by atoms with van der Waals surface area (Å²) in [4.78, 5) is 20.1. The van der Waals surface area contributed by atoms with Crippen molar-refractivity contribution in [2.45, 2.75) is 0 Å². The fourth-order valence-corrected chi connectivity index (χ4v) is 8.26. The number of nitrogens with zero attached hydrogens (tertiary/aromatic N) is 4. The van der Waals surface area contributed by atoms with Crippen LogP contribution in [0.2, 0.25) is 0 Å². The van der Waals surface area contributed by atoms with E-state index in [4.69, 9.17) is 24.4 Å². The van der Waals surface area contributed by atoms with Gasteiger partial charge in [-0.05, 0) is 101 Å². The van der Waals surface area contributed by atoms with Gasteiger partial charge >= 0.3 is 0 Å². The molecular weight excluding hydrogens is 745 g/mol. The van der Waals surface area contributed by atoms with Crippen LogP contribution in [0, 0.1) is 0 Å². The number of benzene rings is 7. The molecule has 0 unspecified atom stereocenters. The van der Waals surface area contributed by atoms with Crippen LogP contribution in [-0.2, 0) is 0 Å². The predicted octanol–water partition coefficient (Wildman–Crippen LogP) is 14.5. The lowest BCUT2D eigenvalue weighted by Crippen LogP contribution is -1.97. The minimum Gasteiger partial charge on any atom is -0.455 e. The zero-order chi connectivity index (χ0) is 40.5. The van der Waals surface area contributed by atoms with Gasteiger partial charge in [0.15, 0.2) is 5.82 Å². The van der Waals surface area contributed by atoms with E-state index in [1.54, 1.807) is 0 Å². The number of aromatic nitrogens is 4. The Morgan fingerprint density at radius 1 is 0.295 bits per heavy atom. The van der Waals surface area contributed by atoms with Gasteiger partial charge < -0.3 is 4.42 Å². The Morgan fingerprint density at radius 2 is 0.754 bits per heavy atom. The highest BCUT2D eigenvalue weighted by Gasteiger charge is 2.19. The monoisotopic (exact) mass is 780 g/mol. The zero-order valence-electron chi connectivity index (χ0n) is 33.0. The third-order valence-corrected chi connectivity index (χ3v) is 11.2. The summed E-state index contributed by atoms with van der Waals surface area (Å²) in [7, 11) is 0. The Hall–Kier alpha value is -8.28. The molecule has 0 spiro atoms. The summed E-state index contributed by atoms with van der Waals surface area (Å²) in [5.74, 6) is 0.631. The summed E-state index contributed by atoms with van der Waals surface area (Å²) < 4.78 is 6.64. The van der Waals surface area contributed by atoms with Crippen molar-refractivity contribution in [2.75, 3.05) is 0 Å². The highest BCUT2D eigenvalue weighted by atomic mass is 16.3. The second-order valence-corrected chi connectivity index (χ2v) is 15.0. The summed E-state index contributed by atoms with van der Waals surface area (Å²) in [6.07, 6.45) is 3.65. The maximum absolute atomic E-state index is 6.64. The van der Waals surface area contributed by atoms with Gasteiger partial charge in [0.1, 0.15) is 11.2 Å². The molecule has 11 aromatic rings. The molecule has 11 rings (SSSR count). The highest BCUT2D eigenvalue weighted by Crippen LogP contribution is 2.42. The van der Waals surface area contributed by atoms with Crippen LogP contribution in [0.4, 0.5) is 0 Å². The van der Waals surface area contributed by atoms with Crippen LogP contribution < -0.4 is 0 Å². The van der Waals surface area contributed by atoms with Gasteiger partial charge in [-0.15, -0.1) is 0 Å². The summed E-state index contributed by atoms with van der Waals surface area (Å²) in [6.45, 7) is 0. The van der Waals surface area contributed by atoms with E-state index in [-0.39, 0.29) is 0 Å². The standard InChI is InChI=1S/C56H36N4O/c1-3-16-37(17-4-1)45-20-7-8-21-46(45)39-30-40(47-23-15-24-49-48-22-9-10-27-54(48)61-55(47)49)32-43(31-39)52-36-53(60-56(59-52)38-18-5-2-6-19-38)44-34-41(50-25-11-13-28-57-50)33-42(35-44)51-26-12-14-29-58-51/h1-36H. The van der Waals surface area contributed by atoms with Crippen LogP contribution in [0.3, 0.4) is 0 Å². The van der Waals surface area contributed by atoms with Crippen LogP contribution in [-0.4, -0.2) is 19.9 Å². The topological polar surface area (TPSA) is 64.7 Å². The van der Waals surface area contributed by atoms with Crippen molar-refractivity contribution in [1.82, 2.24) is 19.9 Å². The molecule has 0 aliphatic rings. The van der Waals surface area contributed by atoms with Crippen molar-refractivity contribution in [1.29, 1.82) is 0 Å². The summed E-state index contributed by atoms with van der Waals surface area (Å²) >= 11 is 0. The normalized spacial score (nSPS) is 11.3. The predicted molar refractivity (Wildman–Crippen MR) is 248 cm³/mol. The number of hydrogen-bond donors (Lipinski definition) is 0. The third kappa shape index (κ3) is 6.94. The lowest BCUT2D eigenvalue weighted by Gasteiger charge is -2.16. The molecule has 5 nitrogen and oxygen atoms in total. The van der Waals surface area contributed by atoms with E-state index < -0.39 is 0 Å². The number of fused-ring (bicyclic) bond motifs is 3. The first-order valence-electron chi connectivity index (χ1n) is 20.4. The van der Waals surface area contributed by atoms with E-state index in [0.717, 1.165) is 106 Å². The highest BCUT2D eigenvalue weighted by molar-refractivity contribution is 6.10. The quantitative estimate of drug-likeness (QED) is 0.154. The van der Waals surface area contributed by atoms with Crippen LogP contribution >= 0.6 is 0 Å². The van der Waals surface area contributed by atoms with Gasteiger partial charge in [-0.25, -0.2) is 9.97 Å². The van der Waals surface area contributed by atoms with E-state index in [1.165, 1.54) is 0 Å². The van der Waals surface area contributed by atoms with Crippen molar-refractivity contribution < 1.29 is 4.42 Å². The number of para-hydroxylation sites is 2. The van der Waals surface area contributed by atoms with Crippen molar-refractivity contribution in [3.63, 3.8) is 0 Å². The molecule has 0 radical (unpaired) electrons. The van der Waals surface area contributed by atoms with Gasteiger partial charge in [-0.1, -0.05) is 133 Å². The molecule has 0 aliphatic carbocycles. The molecule has 61 heavy (non-hydrogen) atoms. The average Bonchev–Trinajstić information content (AvgIpc) is 3.74. The Morgan fingerprint density at radius 3 is 1.38 bits per heavy atom. The Labute approximate surface area is 353 Å². The molecule has 0 atom stereocenters. The molecule has 0 saturated heterocycles. The first kappa shape index (κ1) is 35.8. The number of furan rings is 1. The summed E-state index contributed by atoms with van der Waals surface area (Å²) in [5.41, 5.74) is 16.3. The smallest absolute Gasteiger partial charge is 0.160 e. The molecular formula is C56H36N4O. The van der Waals surface area contributed by atoms with Crippen molar-refractivity contribution in [3.8, 4) is 89.8 Å². The van der Waals surface area contributed by atoms with E-state index >= 15 is 0 Å². The van der Waals surface area contributed by atoms with E-state index in [9.17, 15) is 0 Å². The maximum Gasteiger partial charge on any atom is 0.160 e. The SMILES string of the molecule is c1ccc(-c2nc(-c3cc(-c4ccccn4)cc(-c4ccccn4)c3)cc(-c3cc(-c4ccccc4-c4ccccc4)cc(-c4cccc5c4oc4ccccc45)c3)n2)cc1. The lowest BCUT2D eigenvalue weighted by atomic mass is 9.90. The fraction of sp³-hybridized carbons (Fsp3) is 0. The average molecular weight is 781 g/mol. The molecule has 286 valence electrons. The van der Waals surface area contributed by atoms with Crippen molar-refractivity contribution in [2.24, 2.45) is 0 Å². The Kier molecular flexibility index (Phi) is 9.10. The molecule has 0 aliphatic heterocycles. The Balaban J connectivity index is 1.17. The van der Waals surface area contributed by atoms with Gasteiger partial charge in [0, 0.05) is 56.5 Å². The maximum atomic E-state index is 6.64. The molecule has 0 saturated carbocycles. The van der Waals surface area contributed by atoms with Gasteiger partial charge in [0.2, 0.25) is 0 Å².